The summed E-state index contributed by atoms with van der Waals surface area (Å²) < 4.78 is 7.27. The molecule has 0 unspecified atom stereocenters. The number of hydrogen-bond acceptors (Lipinski definition) is 3. The highest BCUT2D eigenvalue weighted by Gasteiger charge is 2.18. The number of fused-ring (bicyclic) bond motifs is 1. The standard InChI is InChI=1S/C20H21ClN2O2/c1-13(2)9-16(24)11-18-20(14-5-4-6-15(21)10-14)23-8-7-17(25-3)12-19(23)22-18/h4-8,10,12-13H,9,11H2,1-3H3. The maximum atomic E-state index is 12.4. The molecule has 25 heavy (non-hydrogen) atoms. The second-order valence-electron chi connectivity index (χ2n) is 6.53. The molecule has 2 aromatic heterocycles. The highest BCUT2D eigenvalue weighted by Crippen LogP contribution is 2.29. The van der Waals surface area contributed by atoms with E-state index in [9.17, 15) is 4.79 Å². The van der Waals surface area contributed by atoms with Crippen molar-refractivity contribution in [2.24, 2.45) is 5.92 Å². The highest BCUT2D eigenvalue weighted by atomic mass is 35.5. The van der Waals surface area contributed by atoms with Gasteiger partial charge in [-0.25, -0.2) is 4.98 Å². The third-order valence-electron chi connectivity index (χ3n) is 4.00. The summed E-state index contributed by atoms with van der Waals surface area (Å²) in [6, 6.07) is 11.4. The van der Waals surface area contributed by atoms with E-state index in [2.05, 4.69) is 0 Å². The largest absolute Gasteiger partial charge is 0.497 e. The number of pyridine rings is 1. The van der Waals surface area contributed by atoms with Gasteiger partial charge in [0.25, 0.3) is 0 Å². The van der Waals surface area contributed by atoms with E-state index in [-0.39, 0.29) is 5.78 Å². The molecule has 1 aromatic carbocycles. The van der Waals surface area contributed by atoms with Gasteiger partial charge in [0.1, 0.15) is 17.2 Å². The van der Waals surface area contributed by atoms with Crippen molar-refractivity contribution < 1.29 is 9.53 Å². The molecule has 0 atom stereocenters. The summed E-state index contributed by atoms with van der Waals surface area (Å²) in [7, 11) is 1.62. The molecule has 0 bridgehead atoms. The first kappa shape index (κ1) is 17.5. The minimum absolute atomic E-state index is 0.189. The summed E-state index contributed by atoms with van der Waals surface area (Å²) in [6.07, 6.45) is 2.77. The van der Waals surface area contributed by atoms with Crippen molar-refractivity contribution in [1.29, 1.82) is 0 Å². The summed E-state index contributed by atoms with van der Waals surface area (Å²) in [5, 5.41) is 0.653. The maximum Gasteiger partial charge on any atom is 0.141 e. The summed E-state index contributed by atoms with van der Waals surface area (Å²) in [5.74, 6) is 1.25. The molecule has 0 spiro atoms. The average molecular weight is 357 g/mol. The lowest BCUT2D eigenvalue weighted by Crippen LogP contribution is -2.07. The molecule has 3 aromatic rings. The molecule has 0 N–H and O–H groups in total. The molecule has 3 rings (SSSR count). The number of imidazole rings is 1. The summed E-state index contributed by atoms with van der Waals surface area (Å²) in [6.45, 7) is 4.09. The first-order valence-electron chi connectivity index (χ1n) is 8.30. The van der Waals surface area contributed by atoms with E-state index in [1.54, 1.807) is 7.11 Å². The number of halogens is 1. The van der Waals surface area contributed by atoms with Crippen LogP contribution in [-0.2, 0) is 11.2 Å². The topological polar surface area (TPSA) is 43.6 Å². The van der Waals surface area contributed by atoms with Crippen LogP contribution in [0, 0.1) is 5.92 Å². The van der Waals surface area contributed by atoms with Crippen molar-refractivity contribution in [3.8, 4) is 17.0 Å². The normalized spacial score (nSPS) is 11.2. The zero-order valence-corrected chi connectivity index (χ0v) is 15.4. The number of methoxy groups -OCH3 is 1. The lowest BCUT2D eigenvalue weighted by Gasteiger charge is -2.07. The van der Waals surface area contributed by atoms with Gasteiger partial charge in [-0.05, 0) is 24.1 Å². The fourth-order valence-corrected chi connectivity index (χ4v) is 3.17. The van der Waals surface area contributed by atoms with Crippen molar-refractivity contribution in [2.45, 2.75) is 26.7 Å². The van der Waals surface area contributed by atoms with E-state index in [0.29, 0.717) is 23.8 Å². The molecule has 0 aliphatic rings. The van der Waals surface area contributed by atoms with Gasteiger partial charge >= 0.3 is 0 Å². The molecule has 4 nitrogen and oxygen atoms in total. The number of carbonyl (C=O) groups is 1. The summed E-state index contributed by atoms with van der Waals surface area (Å²) >= 11 is 6.17. The Kier molecular flexibility index (Phi) is 5.09. The molecule has 0 aliphatic carbocycles. The van der Waals surface area contributed by atoms with Gasteiger partial charge < -0.3 is 4.74 Å². The van der Waals surface area contributed by atoms with Crippen molar-refractivity contribution in [3.05, 3.63) is 53.3 Å². The Hall–Kier alpha value is -2.33. The number of nitrogens with zero attached hydrogens (tertiary/aromatic N) is 2. The van der Waals surface area contributed by atoms with Crippen LogP contribution < -0.4 is 4.74 Å². The lowest BCUT2D eigenvalue weighted by molar-refractivity contribution is -0.119. The Balaban J connectivity index is 2.13. The van der Waals surface area contributed by atoms with Crippen LogP contribution in [0.2, 0.25) is 5.02 Å². The molecule has 130 valence electrons. The van der Waals surface area contributed by atoms with E-state index in [4.69, 9.17) is 21.3 Å². The van der Waals surface area contributed by atoms with Gasteiger partial charge in [0, 0.05) is 29.3 Å². The quantitative estimate of drug-likeness (QED) is 0.636. The van der Waals surface area contributed by atoms with Gasteiger partial charge in [-0.2, -0.15) is 0 Å². The van der Waals surface area contributed by atoms with Crippen molar-refractivity contribution in [3.63, 3.8) is 0 Å². The second-order valence-corrected chi connectivity index (χ2v) is 6.96. The predicted molar refractivity (Wildman–Crippen MR) is 100 cm³/mol. The molecule has 5 heteroatoms. The van der Waals surface area contributed by atoms with Gasteiger partial charge in [-0.15, -0.1) is 0 Å². The van der Waals surface area contributed by atoms with Crippen LogP contribution in [0.25, 0.3) is 16.9 Å². The SMILES string of the molecule is COc1ccn2c(-c3cccc(Cl)c3)c(CC(=O)CC(C)C)nc2c1. The Morgan fingerprint density at radius 3 is 2.76 bits per heavy atom. The van der Waals surface area contributed by atoms with Crippen LogP contribution in [0.1, 0.15) is 26.0 Å². The Labute approximate surface area is 152 Å². The molecule has 0 saturated carbocycles. The third kappa shape index (κ3) is 3.85. The monoisotopic (exact) mass is 356 g/mol. The Bertz CT molecular complexity index is 915. The third-order valence-corrected chi connectivity index (χ3v) is 4.24. The van der Waals surface area contributed by atoms with E-state index >= 15 is 0 Å². The van der Waals surface area contributed by atoms with Gasteiger partial charge in [-0.3, -0.25) is 9.20 Å². The van der Waals surface area contributed by atoms with Crippen LogP contribution in [0.3, 0.4) is 0 Å². The van der Waals surface area contributed by atoms with Crippen LogP contribution in [0.5, 0.6) is 5.75 Å². The molecular weight excluding hydrogens is 336 g/mol. The molecule has 0 saturated heterocycles. The second kappa shape index (κ2) is 7.28. The molecular formula is C20H21ClN2O2. The highest BCUT2D eigenvalue weighted by molar-refractivity contribution is 6.30. The van der Waals surface area contributed by atoms with Gasteiger partial charge in [0.2, 0.25) is 0 Å². The summed E-state index contributed by atoms with van der Waals surface area (Å²) in [4.78, 5) is 17.1. The van der Waals surface area contributed by atoms with E-state index in [1.165, 1.54) is 0 Å². The zero-order chi connectivity index (χ0) is 18.0. The predicted octanol–water partition coefficient (Wildman–Crippen LogP) is 4.82. The number of ether oxygens (including phenoxy) is 1. The van der Waals surface area contributed by atoms with Gasteiger partial charge in [0.15, 0.2) is 0 Å². The lowest BCUT2D eigenvalue weighted by atomic mass is 10.0. The number of benzene rings is 1. The number of carbonyl (C=O) groups excluding carboxylic acids is 1. The number of aromatic nitrogens is 2. The Morgan fingerprint density at radius 1 is 1.28 bits per heavy atom. The number of hydrogen-bond donors (Lipinski definition) is 0. The van der Waals surface area contributed by atoms with Crippen LogP contribution >= 0.6 is 11.6 Å². The van der Waals surface area contributed by atoms with Gasteiger partial charge in [0.05, 0.1) is 24.9 Å². The van der Waals surface area contributed by atoms with Crippen LogP contribution in [0.15, 0.2) is 42.6 Å². The van der Waals surface area contributed by atoms with Gasteiger partial charge in [-0.1, -0.05) is 37.6 Å². The summed E-state index contributed by atoms with van der Waals surface area (Å²) in [5.41, 5.74) is 3.36. The van der Waals surface area contributed by atoms with Crippen molar-refractivity contribution >= 4 is 23.0 Å². The number of Topliss-reactive ketones (excluding diaryl/α,β-unsaturated/α-hetero) is 1. The van der Waals surface area contributed by atoms with E-state index in [0.717, 1.165) is 28.3 Å². The van der Waals surface area contributed by atoms with E-state index < -0.39 is 0 Å². The fourth-order valence-electron chi connectivity index (χ4n) is 2.98. The molecule has 0 aliphatic heterocycles. The first-order chi connectivity index (χ1) is 12.0. The molecule has 0 radical (unpaired) electrons. The smallest absolute Gasteiger partial charge is 0.141 e. The molecule has 0 amide bonds. The first-order valence-corrected chi connectivity index (χ1v) is 8.68. The maximum absolute atomic E-state index is 12.4. The van der Waals surface area contributed by atoms with Crippen LogP contribution in [-0.4, -0.2) is 22.3 Å². The average Bonchev–Trinajstić information content (AvgIpc) is 2.90. The minimum Gasteiger partial charge on any atom is -0.497 e. The Morgan fingerprint density at radius 2 is 2.08 bits per heavy atom. The minimum atomic E-state index is 0.189. The van der Waals surface area contributed by atoms with Crippen LogP contribution in [0.4, 0.5) is 0 Å². The molecule has 0 fully saturated rings. The van der Waals surface area contributed by atoms with Crippen molar-refractivity contribution in [2.75, 3.05) is 7.11 Å². The number of rotatable bonds is 6. The molecule has 2 heterocycles. The zero-order valence-electron chi connectivity index (χ0n) is 14.6. The van der Waals surface area contributed by atoms with Crippen molar-refractivity contribution in [1.82, 2.24) is 9.38 Å². The fraction of sp³-hybridized carbons (Fsp3) is 0.300. The van der Waals surface area contributed by atoms with E-state index in [1.807, 2.05) is 60.8 Å². The number of ketones is 1.